The average molecular weight is 227 g/mol. The smallest absolute Gasteiger partial charge is 1.00 e. The van der Waals surface area contributed by atoms with Crippen molar-refractivity contribution in [1.29, 1.82) is 0 Å². The Bertz CT molecular complexity index is 108. The second kappa shape index (κ2) is 29.4. The van der Waals surface area contributed by atoms with E-state index in [1.54, 1.807) is 0 Å². The summed E-state index contributed by atoms with van der Waals surface area (Å²) in [6.07, 6.45) is 0. The summed E-state index contributed by atoms with van der Waals surface area (Å²) in [5.74, 6) is -1.12. The third-order valence-electron chi connectivity index (χ3n) is 0.287. The van der Waals surface area contributed by atoms with Gasteiger partial charge in [-0.15, -0.1) is 0 Å². The number of rotatable bonds is 0. The summed E-state index contributed by atoms with van der Waals surface area (Å²) in [5.41, 5.74) is 0. The summed E-state index contributed by atoms with van der Waals surface area (Å²) in [6.45, 7) is 2.36. The minimum Gasteiger partial charge on any atom is -1.00 e. The Balaban J connectivity index is -0.00000000400. The fourth-order valence-electron chi connectivity index (χ4n) is 0.202. The van der Waals surface area contributed by atoms with Gasteiger partial charge in [0.15, 0.2) is 0 Å². The molecule has 7 nitrogen and oxygen atoms in total. The number of hydrogen-bond donors (Lipinski definition) is 0. The maximum Gasteiger partial charge on any atom is 2.00 e. The predicted octanol–water partition coefficient (Wildman–Crippen LogP) is -3.51. The van der Waals surface area contributed by atoms with Crippen molar-refractivity contribution < 1.29 is 41.9 Å². The van der Waals surface area contributed by atoms with E-state index in [0.717, 1.165) is 0 Å². The molecule has 0 bridgehead atoms. The van der Waals surface area contributed by atoms with Crippen LogP contribution in [-0.2, 0) is 14.3 Å². The van der Waals surface area contributed by atoms with Crippen LogP contribution in [0.4, 0.5) is 0 Å². The van der Waals surface area contributed by atoms with Gasteiger partial charge in [-0.05, 0) is 0 Å². The first kappa shape index (κ1) is 49.9. The van der Waals surface area contributed by atoms with Crippen LogP contribution in [0.5, 0.6) is 0 Å². The molecule has 0 fully saturated rings. The van der Waals surface area contributed by atoms with Crippen molar-refractivity contribution >= 4 is 58.0 Å². The van der Waals surface area contributed by atoms with E-state index >= 15 is 0 Å². The van der Waals surface area contributed by atoms with Gasteiger partial charge in [0.05, 0.1) is 0 Å². The van der Waals surface area contributed by atoms with Crippen molar-refractivity contribution in [3.63, 3.8) is 0 Å². The second-order valence-corrected chi connectivity index (χ2v) is 1.09. The zero-order valence-corrected chi connectivity index (χ0v) is 10.5. The SMILES string of the molecule is CC(=O)OC(C)=O.O.O.O.O.[H-].[H-].[H-].[H-].[Mg+2].[Mg+2]. The van der Waals surface area contributed by atoms with Crippen LogP contribution in [-0.4, -0.2) is 79.9 Å². The van der Waals surface area contributed by atoms with Gasteiger partial charge in [0.25, 0.3) is 0 Å². The van der Waals surface area contributed by atoms with E-state index in [4.69, 9.17) is 0 Å². The van der Waals surface area contributed by atoms with E-state index in [0.29, 0.717) is 0 Å². The van der Waals surface area contributed by atoms with Gasteiger partial charge in [-0.3, -0.25) is 9.59 Å². The van der Waals surface area contributed by atoms with E-state index in [1.807, 2.05) is 0 Å². The molecular formula is C4H18Mg2O7. The monoisotopic (exact) mass is 226 g/mol. The first-order valence-corrected chi connectivity index (χ1v) is 1.82. The van der Waals surface area contributed by atoms with Crippen molar-refractivity contribution in [2.75, 3.05) is 0 Å². The van der Waals surface area contributed by atoms with Crippen molar-refractivity contribution in [3.8, 4) is 0 Å². The zero-order chi connectivity index (χ0) is 5.86. The zero-order valence-electron chi connectivity index (χ0n) is 11.6. The molecular weight excluding hydrogens is 209 g/mol. The molecule has 0 rings (SSSR count). The average Bonchev–Trinajstić information content (AvgIpc) is 1.27. The predicted molar refractivity (Wildman–Crippen MR) is 52.9 cm³/mol. The standard InChI is InChI=1S/C4H6O3.2Mg.4H2O.4H/c1-3(5)7-4(2)6;;;;;;;;;;/h1-2H3;;;4*1H2;;;;/q;2*+2;;;;;4*-1. The van der Waals surface area contributed by atoms with Crippen LogP contribution in [0.15, 0.2) is 0 Å². The molecule has 13 heavy (non-hydrogen) atoms. The minimum absolute atomic E-state index is 0. The van der Waals surface area contributed by atoms with Gasteiger partial charge in [0.2, 0.25) is 0 Å². The summed E-state index contributed by atoms with van der Waals surface area (Å²) in [7, 11) is 0. The van der Waals surface area contributed by atoms with Crippen LogP contribution in [0.2, 0.25) is 0 Å². The van der Waals surface area contributed by atoms with Gasteiger partial charge < -0.3 is 32.3 Å². The van der Waals surface area contributed by atoms with Gasteiger partial charge in [0, 0.05) is 13.8 Å². The molecule has 0 amide bonds. The molecule has 0 unspecified atom stereocenters. The number of hydrogen-bond acceptors (Lipinski definition) is 3. The van der Waals surface area contributed by atoms with Gasteiger partial charge in [-0.1, -0.05) is 0 Å². The fraction of sp³-hybridized carbons (Fsp3) is 0.500. The minimum atomic E-state index is -0.562. The molecule has 8 N–H and O–H groups in total. The Labute approximate surface area is 114 Å². The first-order valence-electron chi connectivity index (χ1n) is 1.82. The molecule has 0 heterocycles. The first-order chi connectivity index (χ1) is 3.13. The molecule has 80 valence electrons. The molecule has 0 saturated carbocycles. The Morgan fingerprint density at radius 1 is 0.846 bits per heavy atom. The van der Waals surface area contributed by atoms with Crippen molar-refractivity contribution in [2.24, 2.45) is 0 Å². The van der Waals surface area contributed by atoms with Crippen molar-refractivity contribution in [3.05, 3.63) is 0 Å². The van der Waals surface area contributed by atoms with Crippen LogP contribution >= 0.6 is 0 Å². The maximum absolute atomic E-state index is 9.81. The normalized spacial score (nSPS) is 4.15. The third-order valence-corrected chi connectivity index (χ3v) is 0.287. The van der Waals surface area contributed by atoms with E-state index in [9.17, 15) is 9.59 Å². The molecule has 0 aromatic carbocycles. The summed E-state index contributed by atoms with van der Waals surface area (Å²) < 4.78 is 3.97. The molecule has 0 aromatic rings. The van der Waals surface area contributed by atoms with E-state index < -0.39 is 11.9 Å². The van der Waals surface area contributed by atoms with Gasteiger partial charge in [0.1, 0.15) is 0 Å². The maximum atomic E-state index is 9.81. The molecule has 0 spiro atoms. The molecule has 0 aliphatic heterocycles. The van der Waals surface area contributed by atoms with Gasteiger partial charge in [-0.2, -0.15) is 0 Å². The van der Waals surface area contributed by atoms with Gasteiger partial charge >= 0.3 is 58.0 Å². The molecule has 0 aliphatic rings. The quantitative estimate of drug-likeness (QED) is 0.237. The van der Waals surface area contributed by atoms with E-state index in [1.165, 1.54) is 13.8 Å². The number of esters is 2. The summed E-state index contributed by atoms with van der Waals surface area (Å²) in [4.78, 5) is 19.6. The summed E-state index contributed by atoms with van der Waals surface area (Å²) >= 11 is 0. The van der Waals surface area contributed by atoms with E-state index in [-0.39, 0.29) is 73.7 Å². The summed E-state index contributed by atoms with van der Waals surface area (Å²) in [6, 6.07) is 0. The van der Waals surface area contributed by atoms with Crippen molar-refractivity contribution in [2.45, 2.75) is 13.8 Å². The van der Waals surface area contributed by atoms with E-state index in [2.05, 4.69) is 4.74 Å². The largest absolute Gasteiger partial charge is 2.00 e. The number of ether oxygens (including phenoxy) is 1. The summed E-state index contributed by atoms with van der Waals surface area (Å²) in [5, 5.41) is 0. The van der Waals surface area contributed by atoms with Crippen LogP contribution in [0, 0.1) is 0 Å². The molecule has 0 aliphatic carbocycles. The van der Waals surface area contributed by atoms with Crippen LogP contribution < -0.4 is 0 Å². The molecule has 9 heteroatoms. The Hall–Kier alpha value is 0.512. The van der Waals surface area contributed by atoms with Crippen LogP contribution in [0.25, 0.3) is 0 Å². The Morgan fingerprint density at radius 2 is 1.00 bits per heavy atom. The molecule has 0 aromatic heterocycles. The van der Waals surface area contributed by atoms with Crippen molar-refractivity contribution in [1.82, 2.24) is 0 Å². The van der Waals surface area contributed by atoms with Gasteiger partial charge in [-0.25, -0.2) is 0 Å². The number of carbonyl (C=O) groups excluding carboxylic acids is 2. The number of carbonyl (C=O) groups is 2. The molecule has 0 atom stereocenters. The van der Waals surface area contributed by atoms with Crippen LogP contribution in [0.1, 0.15) is 19.6 Å². The third kappa shape index (κ3) is 67.9. The second-order valence-electron chi connectivity index (χ2n) is 1.09. The Morgan fingerprint density at radius 3 is 1.00 bits per heavy atom. The fourth-order valence-corrected chi connectivity index (χ4v) is 0.202. The Kier molecular flexibility index (Phi) is 113. The van der Waals surface area contributed by atoms with Crippen LogP contribution in [0.3, 0.4) is 0 Å². The topological polar surface area (TPSA) is 169 Å². The molecule has 0 saturated heterocycles. The molecule has 0 radical (unpaired) electrons.